The van der Waals surface area contributed by atoms with Crippen LogP contribution in [0.5, 0.6) is 5.75 Å². The Morgan fingerprint density at radius 2 is 2.27 bits per heavy atom. The topological polar surface area (TPSA) is 34.1 Å². The van der Waals surface area contributed by atoms with E-state index < -0.39 is 0 Å². The summed E-state index contributed by atoms with van der Waals surface area (Å²) in [5.41, 5.74) is 0. The fraction of sp³-hybridized carbons (Fsp3) is 0.583. The van der Waals surface area contributed by atoms with Crippen molar-refractivity contribution in [3.8, 4) is 5.75 Å². The van der Waals surface area contributed by atoms with E-state index >= 15 is 0 Å². The minimum atomic E-state index is 0.546. The number of rotatable bonds is 6. The second kappa shape index (κ2) is 6.27. The highest BCUT2D eigenvalue weighted by atomic mass is 16.5. The van der Waals surface area contributed by atoms with E-state index in [-0.39, 0.29) is 0 Å². The van der Waals surface area contributed by atoms with E-state index in [1.165, 1.54) is 0 Å². The van der Waals surface area contributed by atoms with Crippen molar-refractivity contribution in [3.63, 3.8) is 0 Å². The van der Waals surface area contributed by atoms with Gasteiger partial charge in [-0.25, -0.2) is 4.98 Å². The number of anilines is 1. The highest BCUT2D eigenvalue weighted by Gasteiger charge is 1.99. The first-order valence-corrected chi connectivity index (χ1v) is 5.55. The van der Waals surface area contributed by atoms with Crippen molar-refractivity contribution in [1.82, 2.24) is 4.98 Å². The van der Waals surface area contributed by atoms with Gasteiger partial charge in [0.1, 0.15) is 11.6 Å². The molecule has 1 aromatic heterocycles. The lowest BCUT2D eigenvalue weighted by Gasteiger charge is -2.10. The molecule has 0 amide bonds. The molecule has 1 N–H and O–H groups in total. The van der Waals surface area contributed by atoms with Gasteiger partial charge >= 0.3 is 0 Å². The van der Waals surface area contributed by atoms with Gasteiger partial charge in [0.15, 0.2) is 0 Å². The minimum absolute atomic E-state index is 0.546. The van der Waals surface area contributed by atoms with E-state index in [0.717, 1.165) is 31.1 Å². The summed E-state index contributed by atoms with van der Waals surface area (Å²) in [7, 11) is 0. The minimum Gasteiger partial charge on any atom is -0.493 e. The van der Waals surface area contributed by atoms with Crippen molar-refractivity contribution in [2.24, 2.45) is 5.92 Å². The maximum absolute atomic E-state index is 5.61. The molecule has 1 heterocycles. The molecule has 1 rings (SSSR count). The first-order valence-electron chi connectivity index (χ1n) is 5.55. The summed E-state index contributed by atoms with van der Waals surface area (Å²) in [4.78, 5) is 4.21. The highest BCUT2D eigenvalue weighted by molar-refractivity contribution is 5.40. The summed E-state index contributed by atoms with van der Waals surface area (Å²) < 4.78 is 5.61. The molecule has 0 aliphatic carbocycles. The van der Waals surface area contributed by atoms with Gasteiger partial charge in [-0.05, 0) is 18.4 Å². The van der Waals surface area contributed by atoms with Crippen molar-refractivity contribution in [2.75, 3.05) is 18.5 Å². The molecular formula is C12H20N2O. The zero-order valence-electron chi connectivity index (χ0n) is 9.79. The van der Waals surface area contributed by atoms with Crippen LogP contribution in [0.15, 0.2) is 18.3 Å². The Hall–Kier alpha value is -1.25. The van der Waals surface area contributed by atoms with Crippen molar-refractivity contribution < 1.29 is 4.74 Å². The van der Waals surface area contributed by atoms with E-state index in [4.69, 9.17) is 4.74 Å². The van der Waals surface area contributed by atoms with E-state index in [1.54, 1.807) is 6.20 Å². The largest absolute Gasteiger partial charge is 0.493 e. The average molecular weight is 208 g/mol. The van der Waals surface area contributed by atoms with Gasteiger partial charge in [0, 0.05) is 18.8 Å². The number of aromatic nitrogens is 1. The van der Waals surface area contributed by atoms with Crippen molar-refractivity contribution in [2.45, 2.75) is 27.2 Å². The molecule has 0 aliphatic heterocycles. The van der Waals surface area contributed by atoms with Crippen LogP contribution in [0.1, 0.15) is 27.2 Å². The van der Waals surface area contributed by atoms with Crippen LogP contribution >= 0.6 is 0 Å². The molecule has 0 saturated carbocycles. The maximum Gasteiger partial charge on any atom is 0.129 e. The van der Waals surface area contributed by atoms with E-state index in [1.807, 2.05) is 12.1 Å². The van der Waals surface area contributed by atoms with Gasteiger partial charge in [-0.2, -0.15) is 0 Å². The van der Waals surface area contributed by atoms with Crippen LogP contribution in [0.2, 0.25) is 0 Å². The van der Waals surface area contributed by atoms with Crippen LogP contribution in [0.3, 0.4) is 0 Å². The summed E-state index contributed by atoms with van der Waals surface area (Å²) >= 11 is 0. The molecule has 3 heteroatoms. The van der Waals surface area contributed by atoms with E-state index in [0.29, 0.717) is 5.92 Å². The fourth-order valence-electron chi connectivity index (χ4n) is 1.11. The smallest absolute Gasteiger partial charge is 0.129 e. The fourth-order valence-corrected chi connectivity index (χ4v) is 1.11. The number of ether oxygens (including phenoxy) is 1. The molecule has 3 nitrogen and oxygen atoms in total. The number of pyridine rings is 1. The second-order valence-electron chi connectivity index (χ2n) is 4.01. The van der Waals surface area contributed by atoms with Gasteiger partial charge in [-0.3, -0.25) is 0 Å². The maximum atomic E-state index is 5.61. The van der Waals surface area contributed by atoms with Crippen LogP contribution in [-0.2, 0) is 0 Å². The summed E-state index contributed by atoms with van der Waals surface area (Å²) in [6, 6.07) is 3.83. The lowest BCUT2D eigenvalue weighted by atomic mass is 10.2. The third-order valence-electron chi connectivity index (χ3n) is 1.87. The Bertz CT molecular complexity index is 287. The van der Waals surface area contributed by atoms with Gasteiger partial charge < -0.3 is 10.1 Å². The standard InChI is InChI=1S/C12H20N2O/c1-4-6-13-12-8-11(5-7-14-12)15-9-10(2)3/h5,7-8,10H,4,6,9H2,1-3H3,(H,13,14). The predicted molar refractivity (Wildman–Crippen MR) is 63.4 cm³/mol. The monoisotopic (exact) mass is 208 g/mol. The Balaban J connectivity index is 2.50. The Labute approximate surface area is 91.9 Å². The lowest BCUT2D eigenvalue weighted by Crippen LogP contribution is -2.06. The summed E-state index contributed by atoms with van der Waals surface area (Å²) in [5.74, 6) is 2.32. The van der Waals surface area contributed by atoms with E-state index in [2.05, 4.69) is 31.1 Å². The molecule has 0 atom stereocenters. The Morgan fingerprint density at radius 3 is 2.93 bits per heavy atom. The zero-order valence-corrected chi connectivity index (χ0v) is 9.79. The third-order valence-corrected chi connectivity index (χ3v) is 1.87. The SMILES string of the molecule is CCCNc1cc(OCC(C)C)ccn1. The molecule has 0 radical (unpaired) electrons. The van der Waals surface area contributed by atoms with Crippen LogP contribution < -0.4 is 10.1 Å². The highest BCUT2D eigenvalue weighted by Crippen LogP contribution is 2.15. The zero-order chi connectivity index (χ0) is 11.1. The number of nitrogens with one attached hydrogen (secondary N) is 1. The molecule has 0 bridgehead atoms. The van der Waals surface area contributed by atoms with Crippen LogP contribution in [0, 0.1) is 5.92 Å². The Kier molecular flexibility index (Phi) is 4.95. The molecule has 84 valence electrons. The average Bonchev–Trinajstić information content (AvgIpc) is 2.24. The quantitative estimate of drug-likeness (QED) is 0.780. The van der Waals surface area contributed by atoms with Crippen molar-refractivity contribution in [1.29, 1.82) is 0 Å². The molecule has 0 fully saturated rings. The summed E-state index contributed by atoms with van der Waals surface area (Å²) in [6.07, 6.45) is 2.87. The number of hydrogen-bond donors (Lipinski definition) is 1. The van der Waals surface area contributed by atoms with Gasteiger partial charge in [0.05, 0.1) is 6.61 Å². The number of hydrogen-bond acceptors (Lipinski definition) is 3. The van der Waals surface area contributed by atoms with Crippen LogP contribution in [-0.4, -0.2) is 18.1 Å². The molecule has 0 spiro atoms. The molecule has 0 aromatic carbocycles. The molecular weight excluding hydrogens is 188 g/mol. The van der Waals surface area contributed by atoms with Crippen LogP contribution in [0.4, 0.5) is 5.82 Å². The van der Waals surface area contributed by atoms with E-state index in [9.17, 15) is 0 Å². The van der Waals surface area contributed by atoms with Gasteiger partial charge in [-0.15, -0.1) is 0 Å². The second-order valence-corrected chi connectivity index (χ2v) is 4.01. The summed E-state index contributed by atoms with van der Waals surface area (Å²) in [5, 5.41) is 3.23. The summed E-state index contributed by atoms with van der Waals surface area (Å²) in [6.45, 7) is 8.10. The lowest BCUT2D eigenvalue weighted by molar-refractivity contribution is 0.271. The molecule has 15 heavy (non-hydrogen) atoms. The van der Waals surface area contributed by atoms with Crippen LogP contribution in [0.25, 0.3) is 0 Å². The van der Waals surface area contributed by atoms with Crippen molar-refractivity contribution in [3.05, 3.63) is 18.3 Å². The first kappa shape index (κ1) is 11.8. The predicted octanol–water partition coefficient (Wildman–Crippen LogP) is 2.94. The normalized spacial score (nSPS) is 10.4. The molecule has 0 saturated heterocycles. The molecule has 1 aromatic rings. The first-order chi connectivity index (χ1) is 7.22. The number of nitrogens with zero attached hydrogens (tertiary/aromatic N) is 1. The molecule has 0 aliphatic rings. The Morgan fingerprint density at radius 1 is 1.47 bits per heavy atom. The molecule has 0 unspecified atom stereocenters. The van der Waals surface area contributed by atoms with Gasteiger partial charge in [0.25, 0.3) is 0 Å². The third kappa shape index (κ3) is 4.68. The van der Waals surface area contributed by atoms with Gasteiger partial charge in [-0.1, -0.05) is 20.8 Å². The van der Waals surface area contributed by atoms with Gasteiger partial charge in [0.2, 0.25) is 0 Å². The van der Waals surface area contributed by atoms with Crippen molar-refractivity contribution >= 4 is 5.82 Å².